The van der Waals surface area contributed by atoms with Crippen LogP contribution in [0.4, 0.5) is 0 Å². The van der Waals surface area contributed by atoms with Crippen molar-refractivity contribution in [2.45, 2.75) is 66.0 Å². The van der Waals surface area contributed by atoms with Crippen molar-refractivity contribution in [3.05, 3.63) is 64.2 Å². The van der Waals surface area contributed by atoms with Crippen LogP contribution in [0.15, 0.2) is 36.4 Å². The minimum atomic E-state index is -0.596. The van der Waals surface area contributed by atoms with Gasteiger partial charge >= 0.3 is 0 Å². The molecule has 4 nitrogen and oxygen atoms in total. The van der Waals surface area contributed by atoms with Gasteiger partial charge in [0.05, 0.1) is 0 Å². The zero-order valence-electron chi connectivity index (χ0n) is 18.6. The Balaban J connectivity index is 1.98. The molecule has 158 valence electrons. The van der Waals surface area contributed by atoms with E-state index in [2.05, 4.69) is 38.2 Å². The van der Waals surface area contributed by atoms with E-state index in [4.69, 9.17) is 4.74 Å². The van der Waals surface area contributed by atoms with Gasteiger partial charge in [-0.1, -0.05) is 35.9 Å². The van der Waals surface area contributed by atoms with Crippen molar-refractivity contribution < 1.29 is 14.6 Å². The predicted molar refractivity (Wildman–Crippen MR) is 119 cm³/mol. The minimum Gasteiger partial charge on any atom is -0.491 e. The van der Waals surface area contributed by atoms with Crippen molar-refractivity contribution in [2.75, 3.05) is 13.2 Å². The van der Waals surface area contributed by atoms with E-state index in [9.17, 15) is 9.90 Å². The number of carbonyl (C=O) groups excluding carboxylic acids is 1. The van der Waals surface area contributed by atoms with Crippen molar-refractivity contribution in [3.8, 4) is 5.75 Å². The van der Waals surface area contributed by atoms with Crippen molar-refractivity contribution in [1.82, 2.24) is 5.32 Å². The Morgan fingerprint density at radius 3 is 2.34 bits per heavy atom. The number of aliphatic hydroxyl groups excluding tert-OH is 1. The summed E-state index contributed by atoms with van der Waals surface area (Å²) in [5, 5.41) is 13.4. The SMILES string of the molecule is Cc1cc(C)c(C(=O)CCc2ccccc2OCC(O)CNC(C)(C)C)c(C)c1. The van der Waals surface area contributed by atoms with Gasteiger partial charge in [-0.2, -0.15) is 0 Å². The van der Waals surface area contributed by atoms with E-state index < -0.39 is 6.10 Å². The highest BCUT2D eigenvalue weighted by Gasteiger charge is 2.16. The first-order valence-corrected chi connectivity index (χ1v) is 10.3. The van der Waals surface area contributed by atoms with Crippen LogP contribution >= 0.6 is 0 Å². The number of hydrogen-bond donors (Lipinski definition) is 2. The van der Waals surface area contributed by atoms with E-state index in [1.54, 1.807) is 0 Å². The molecular weight excluding hydrogens is 362 g/mol. The van der Waals surface area contributed by atoms with Crippen LogP contribution in [0.1, 0.15) is 59.8 Å². The molecule has 0 aliphatic rings. The van der Waals surface area contributed by atoms with Gasteiger partial charge in [0, 0.05) is 24.1 Å². The van der Waals surface area contributed by atoms with Gasteiger partial charge in [-0.25, -0.2) is 0 Å². The quantitative estimate of drug-likeness (QED) is 0.609. The van der Waals surface area contributed by atoms with E-state index >= 15 is 0 Å². The van der Waals surface area contributed by atoms with Crippen LogP contribution in [-0.2, 0) is 6.42 Å². The Hall–Kier alpha value is -2.17. The van der Waals surface area contributed by atoms with Gasteiger partial charge in [-0.05, 0) is 70.7 Å². The molecule has 0 amide bonds. The van der Waals surface area contributed by atoms with Gasteiger partial charge in [0.2, 0.25) is 0 Å². The van der Waals surface area contributed by atoms with Gasteiger partial charge in [0.1, 0.15) is 18.5 Å². The average Bonchev–Trinajstić information content (AvgIpc) is 2.62. The van der Waals surface area contributed by atoms with E-state index in [1.807, 2.05) is 45.0 Å². The van der Waals surface area contributed by atoms with E-state index in [-0.39, 0.29) is 17.9 Å². The number of nitrogens with one attached hydrogen (secondary N) is 1. The summed E-state index contributed by atoms with van der Waals surface area (Å²) in [5.74, 6) is 0.886. The number of rotatable bonds is 9. The normalized spacial score (nSPS) is 12.7. The molecule has 0 aromatic heterocycles. The molecular formula is C25H35NO3. The molecule has 4 heteroatoms. The number of aryl methyl sites for hydroxylation is 4. The highest BCUT2D eigenvalue weighted by molar-refractivity contribution is 5.99. The first-order valence-electron chi connectivity index (χ1n) is 10.3. The monoisotopic (exact) mass is 397 g/mol. The third kappa shape index (κ3) is 7.30. The molecule has 0 saturated carbocycles. The van der Waals surface area contributed by atoms with E-state index in [1.165, 1.54) is 5.56 Å². The summed E-state index contributed by atoms with van der Waals surface area (Å²) in [5.41, 5.74) is 5.01. The topological polar surface area (TPSA) is 58.6 Å². The maximum absolute atomic E-state index is 12.8. The fourth-order valence-electron chi connectivity index (χ4n) is 3.51. The standard InChI is InChI=1S/C25H35NO3/c1-17-13-18(2)24(19(3)14-17)22(28)12-11-20-9-7-8-10-23(20)29-16-21(27)15-26-25(4,5)6/h7-10,13-14,21,26-27H,11-12,15-16H2,1-6H3. The summed E-state index contributed by atoms with van der Waals surface area (Å²) in [6.45, 7) is 12.9. The average molecular weight is 398 g/mol. The minimum absolute atomic E-state index is 0.0501. The Kier molecular flexibility index (Phi) is 8.00. The summed E-state index contributed by atoms with van der Waals surface area (Å²) in [6, 6.07) is 11.9. The van der Waals surface area contributed by atoms with Gasteiger partial charge in [0.25, 0.3) is 0 Å². The zero-order chi connectivity index (χ0) is 21.6. The van der Waals surface area contributed by atoms with Crippen molar-refractivity contribution in [2.24, 2.45) is 0 Å². The van der Waals surface area contributed by atoms with E-state index in [0.717, 1.165) is 28.0 Å². The first kappa shape index (κ1) is 23.1. The Morgan fingerprint density at radius 1 is 1.10 bits per heavy atom. The number of Topliss-reactive ketones (excluding diaryl/α,β-unsaturated/α-hetero) is 1. The highest BCUT2D eigenvalue weighted by Crippen LogP contribution is 2.23. The van der Waals surface area contributed by atoms with Gasteiger partial charge < -0.3 is 15.2 Å². The van der Waals surface area contributed by atoms with Crippen LogP contribution in [0, 0.1) is 20.8 Å². The fraction of sp³-hybridized carbons (Fsp3) is 0.480. The number of hydrogen-bond acceptors (Lipinski definition) is 4. The molecule has 0 heterocycles. The molecule has 29 heavy (non-hydrogen) atoms. The lowest BCUT2D eigenvalue weighted by atomic mass is 9.93. The second-order valence-electron chi connectivity index (χ2n) is 8.90. The van der Waals surface area contributed by atoms with Gasteiger partial charge in [-0.15, -0.1) is 0 Å². The lowest BCUT2D eigenvalue weighted by Crippen LogP contribution is -2.42. The maximum Gasteiger partial charge on any atom is 0.163 e. The lowest BCUT2D eigenvalue weighted by molar-refractivity contribution is 0.0971. The molecule has 2 aromatic rings. The highest BCUT2D eigenvalue weighted by atomic mass is 16.5. The van der Waals surface area contributed by atoms with Crippen molar-refractivity contribution >= 4 is 5.78 Å². The molecule has 2 rings (SSSR count). The number of para-hydroxylation sites is 1. The molecule has 0 spiro atoms. The molecule has 1 atom stereocenters. The lowest BCUT2D eigenvalue weighted by Gasteiger charge is -2.23. The summed E-state index contributed by atoms with van der Waals surface area (Å²) in [7, 11) is 0. The molecule has 1 unspecified atom stereocenters. The molecule has 0 radical (unpaired) electrons. The summed E-state index contributed by atoms with van der Waals surface area (Å²) in [6.07, 6.45) is 0.443. The third-order valence-corrected chi connectivity index (χ3v) is 4.85. The maximum atomic E-state index is 12.8. The van der Waals surface area contributed by atoms with Gasteiger partial charge in [-0.3, -0.25) is 4.79 Å². The van der Waals surface area contributed by atoms with E-state index in [0.29, 0.717) is 19.4 Å². The van der Waals surface area contributed by atoms with Crippen molar-refractivity contribution in [3.63, 3.8) is 0 Å². The molecule has 0 aliphatic heterocycles. The molecule has 2 aromatic carbocycles. The molecule has 0 fully saturated rings. The number of carbonyl (C=O) groups is 1. The van der Waals surface area contributed by atoms with Crippen LogP contribution in [0.3, 0.4) is 0 Å². The van der Waals surface area contributed by atoms with Gasteiger partial charge in [0.15, 0.2) is 5.78 Å². The second kappa shape index (κ2) is 10.0. The molecule has 2 N–H and O–H groups in total. The summed E-state index contributed by atoms with van der Waals surface area (Å²) < 4.78 is 5.86. The third-order valence-electron chi connectivity index (χ3n) is 4.85. The molecule has 0 aliphatic carbocycles. The summed E-state index contributed by atoms with van der Waals surface area (Å²) >= 11 is 0. The number of aliphatic hydroxyl groups is 1. The smallest absolute Gasteiger partial charge is 0.163 e. The first-order chi connectivity index (χ1) is 13.6. The Morgan fingerprint density at radius 2 is 1.72 bits per heavy atom. The summed E-state index contributed by atoms with van der Waals surface area (Å²) in [4.78, 5) is 12.8. The van der Waals surface area contributed by atoms with Crippen LogP contribution in [0.25, 0.3) is 0 Å². The fourth-order valence-corrected chi connectivity index (χ4v) is 3.51. The number of β-amino-alcohol motifs (C(OH)–C–C–N with tert-alkyl or cyclic N) is 1. The van der Waals surface area contributed by atoms with Crippen LogP contribution < -0.4 is 10.1 Å². The van der Waals surface area contributed by atoms with Crippen LogP contribution in [0.2, 0.25) is 0 Å². The van der Waals surface area contributed by atoms with Crippen molar-refractivity contribution in [1.29, 1.82) is 0 Å². The molecule has 0 saturated heterocycles. The number of ketones is 1. The van der Waals surface area contributed by atoms with Crippen LogP contribution in [0.5, 0.6) is 5.75 Å². The second-order valence-corrected chi connectivity index (χ2v) is 8.90. The molecule has 0 bridgehead atoms. The Labute approximate surface area is 175 Å². The largest absolute Gasteiger partial charge is 0.491 e. The number of benzene rings is 2. The Bertz CT molecular complexity index is 813. The van der Waals surface area contributed by atoms with Crippen LogP contribution in [-0.4, -0.2) is 35.7 Å². The predicted octanol–water partition coefficient (Wildman–Crippen LogP) is 4.56. The zero-order valence-corrected chi connectivity index (χ0v) is 18.6. The number of ether oxygens (including phenoxy) is 1.